The van der Waals surface area contributed by atoms with E-state index in [0.717, 1.165) is 0 Å². The summed E-state index contributed by atoms with van der Waals surface area (Å²) in [5, 5.41) is 0. The van der Waals surface area contributed by atoms with E-state index in [9.17, 15) is 14.4 Å². The molecule has 2 aromatic rings. The number of carbonyl (C=O) groups excluding carboxylic acids is 3. The minimum Gasteiger partial charge on any atom is -0.211 e. The lowest BCUT2D eigenvalue weighted by molar-refractivity contribution is 0.564. The molecule has 0 aliphatic carbocycles. The van der Waals surface area contributed by atoms with Crippen molar-refractivity contribution in [2.75, 3.05) is 0 Å². The minimum atomic E-state index is 0.279. The van der Waals surface area contributed by atoms with Crippen molar-refractivity contribution in [2.24, 2.45) is 15.0 Å². The third-order valence-corrected chi connectivity index (χ3v) is 2.63. The molecule has 0 amide bonds. The topological polar surface area (TPSA) is 88.3 Å². The zero-order valence-corrected chi connectivity index (χ0v) is 10.6. The molecule has 0 atom stereocenters. The summed E-state index contributed by atoms with van der Waals surface area (Å²) in [5.41, 5.74) is 2.17. The van der Waals surface area contributed by atoms with E-state index in [4.69, 9.17) is 0 Å². The van der Waals surface area contributed by atoms with Crippen LogP contribution in [0.4, 0.5) is 17.1 Å². The van der Waals surface area contributed by atoms with Crippen LogP contribution in [0.5, 0.6) is 0 Å². The van der Waals surface area contributed by atoms with Crippen molar-refractivity contribution in [3.05, 3.63) is 42.5 Å². The number of benzene rings is 2. The van der Waals surface area contributed by atoms with Crippen molar-refractivity contribution >= 4 is 35.3 Å². The van der Waals surface area contributed by atoms with Gasteiger partial charge in [0.15, 0.2) is 0 Å². The van der Waals surface area contributed by atoms with Gasteiger partial charge in [-0.1, -0.05) is 18.2 Å². The summed E-state index contributed by atoms with van der Waals surface area (Å²) >= 11 is 0. The average Bonchev–Trinajstić information content (AvgIpc) is 2.49. The standard InChI is InChI=1S/C15H7N3O3/c19-8-16-12-5-11(6-13(7-12)17-9-20)14-3-1-2-4-15(14)18-10-21/h1-7H. The lowest BCUT2D eigenvalue weighted by Crippen LogP contribution is -1.80. The van der Waals surface area contributed by atoms with E-state index in [2.05, 4.69) is 15.0 Å². The highest BCUT2D eigenvalue weighted by atomic mass is 16.1. The fraction of sp³-hybridized carbons (Fsp3) is 0. The van der Waals surface area contributed by atoms with Crippen LogP contribution in [0.3, 0.4) is 0 Å². The molecule has 0 bridgehead atoms. The summed E-state index contributed by atoms with van der Waals surface area (Å²) in [6.07, 6.45) is 4.32. The van der Waals surface area contributed by atoms with Crippen LogP contribution in [0.25, 0.3) is 11.1 Å². The van der Waals surface area contributed by atoms with E-state index >= 15 is 0 Å². The van der Waals surface area contributed by atoms with Crippen LogP contribution < -0.4 is 0 Å². The van der Waals surface area contributed by atoms with Gasteiger partial charge in [0.25, 0.3) is 0 Å². The quantitative estimate of drug-likeness (QED) is 0.634. The Morgan fingerprint density at radius 2 is 1.29 bits per heavy atom. The van der Waals surface area contributed by atoms with Crippen LogP contribution in [0.1, 0.15) is 0 Å². The SMILES string of the molecule is O=C=Nc1cc(N=C=O)cc(-c2ccccc2N=C=O)c1. The predicted molar refractivity (Wildman–Crippen MR) is 75.2 cm³/mol. The Balaban J connectivity index is 2.70. The maximum absolute atomic E-state index is 10.5. The molecular formula is C15H7N3O3. The molecule has 6 heteroatoms. The van der Waals surface area contributed by atoms with Crippen molar-refractivity contribution in [2.45, 2.75) is 0 Å². The van der Waals surface area contributed by atoms with E-state index in [1.54, 1.807) is 36.4 Å². The van der Waals surface area contributed by atoms with Crippen LogP contribution in [0.2, 0.25) is 0 Å². The van der Waals surface area contributed by atoms with E-state index in [1.165, 1.54) is 24.3 Å². The normalized spacial score (nSPS) is 8.95. The zero-order chi connectivity index (χ0) is 15.1. The molecule has 0 aliphatic heterocycles. The largest absolute Gasteiger partial charge is 0.240 e. The van der Waals surface area contributed by atoms with Crippen LogP contribution in [-0.2, 0) is 14.4 Å². The van der Waals surface area contributed by atoms with Gasteiger partial charge in [0.05, 0.1) is 17.1 Å². The van der Waals surface area contributed by atoms with Crippen molar-refractivity contribution in [1.29, 1.82) is 0 Å². The first-order chi connectivity index (χ1) is 10.3. The Labute approximate surface area is 119 Å². The van der Waals surface area contributed by atoms with Gasteiger partial charge in [0.2, 0.25) is 18.2 Å². The molecule has 2 aromatic carbocycles. The first-order valence-corrected chi connectivity index (χ1v) is 5.76. The smallest absolute Gasteiger partial charge is 0.211 e. The molecule has 0 saturated heterocycles. The predicted octanol–water partition coefficient (Wildman–Crippen LogP) is 3.26. The number of hydrogen-bond acceptors (Lipinski definition) is 6. The van der Waals surface area contributed by atoms with E-state index in [-0.39, 0.29) is 11.4 Å². The summed E-state index contributed by atoms with van der Waals surface area (Å²) < 4.78 is 0. The number of rotatable bonds is 4. The lowest BCUT2D eigenvalue weighted by Gasteiger charge is -2.06. The monoisotopic (exact) mass is 277 g/mol. The second-order valence-electron chi connectivity index (χ2n) is 3.86. The molecule has 0 radical (unpaired) electrons. The van der Waals surface area contributed by atoms with Gasteiger partial charge >= 0.3 is 0 Å². The van der Waals surface area contributed by atoms with Crippen LogP contribution >= 0.6 is 0 Å². The summed E-state index contributed by atoms with van der Waals surface area (Å²) in [4.78, 5) is 41.9. The fourth-order valence-corrected chi connectivity index (χ4v) is 1.85. The number of para-hydroxylation sites is 1. The molecule has 2 rings (SSSR count). The Morgan fingerprint density at radius 3 is 1.86 bits per heavy atom. The maximum atomic E-state index is 10.5. The summed E-state index contributed by atoms with van der Waals surface area (Å²) in [7, 11) is 0. The molecule has 0 spiro atoms. The Bertz CT molecular complexity index is 790. The van der Waals surface area contributed by atoms with Crippen LogP contribution in [0, 0.1) is 0 Å². The Hall–Kier alpha value is -3.42. The van der Waals surface area contributed by atoms with Gasteiger partial charge in [-0.3, -0.25) is 0 Å². The van der Waals surface area contributed by atoms with Gasteiger partial charge < -0.3 is 0 Å². The molecule has 0 unspecified atom stereocenters. The highest BCUT2D eigenvalue weighted by Gasteiger charge is 2.07. The van der Waals surface area contributed by atoms with E-state index < -0.39 is 0 Å². The third kappa shape index (κ3) is 3.32. The Morgan fingerprint density at radius 1 is 0.714 bits per heavy atom. The molecule has 0 heterocycles. The van der Waals surface area contributed by atoms with Gasteiger partial charge in [-0.2, -0.15) is 15.0 Å². The second-order valence-corrected chi connectivity index (χ2v) is 3.86. The average molecular weight is 277 g/mol. The molecule has 100 valence electrons. The molecule has 6 nitrogen and oxygen atoms in total. The third-order valence-electron chi connectivity index (χ3n) is 2.63. The van der Waals surface area contributed by atoms with Crippen LogP contribution in [0.15, 0.2) is 57.4 Å². The van der Waals surface area contributed by atoms with Gasteiger partial charge in [0, 0.05) is 5.56 Å². The summed E-state index contributed by atoms with van der Waals surface area (Å²) in [5.74, 6) is 0. The van der Waals surface area contributed by atoms with E-state index in [0.29, 0.717) is 16.8 Å². The number of aliphatic imine (C=N–C) groups is 3. The highest BCUT2D eigenvalue weighted by Crippen LogP contribution is 2.35. The van der Waals surface area contributed by atoms with Crippen molar-refractivity contribution in [3.8, 4) is 11.1 Å². The maximum Gasteiger partial charge on any atom is 0.240 e. The molecule has 0 saturated carbocycles. The van der Waals surface area contributed by atoms with Crippen molar-refractivity contribution < 1.29 is 14.4 Å². The number of isocyanates is 3. The van der Waals surface area contributed by atoms with Gasteiger partial charge in [-0.25, -0.2) is 14.4 Å². The molecule has 0 aromatic heterocycles. The lowest BCUT2D eigenvalue weighted by atomic mass is 10.0. The number of nitrogens with zero attached hydrogens (tertiary/aromatic N) is 3. The molecular weight excluding hydrogens is 270 g/mol. The fourth-order valence-electron chi connectivity index (χ4n) is 1.85. The van der Waals surface area contributed by atoms with Crippen molar-refractivity contribution in [3.63, 3.8) is 0 Å². The van der Waals surface area contributed by atoms with Crippen LogP contribution in [-0.4, -0.2) is 18.2 Å². The highest BCUT2D eigenvalue weighted by molar-refractivity contribution is 5.81. The first-order valence-electron chi connectivity index (χ1n) is 5.76. The number of hydrogen-bond donors (Lipinski definition) is 0. The summed E-state index contributed by atoms with van der Waals surface area (Å²) in [6, 6.07) is 11.5. The zero-order valence-electron chi connectivity index (χ0n) is 10.6. The molecule has 0 fully saturated rings. The Kier molecular flexibility index (Phi) is 4.44. The molecule has 0 aliphatic rings. The first kappa shape index (κ1) is 14.0. The van der Waals surface area contributed by atoms with Gasteiger partial charge in [0.1, 0.15) is 0 Å². The molecule has 0 N–H and O–H groups in total. The molecule has 21 heavy (non-hydrogen) atoms. The van der Waals surface area contributed by atoms with Gasteiger partial charge in [-0.05, 0) is 29.8 Å². The van der Waals surface area contributed by atoms with Crippen molar-refractivity contribution in [1.82, 2.24) is 0 Å². The summed E-state index contributed by atoms with van der Waals surface area (Å²) in [6.45, 7) is 0. The van der Waals surface area contributed by atoms with E-state index in [1.807, 2.05) is 0 Å². The van der Waals surface area contributed by atoms with Gasteiger partial charge in [-0.15, -0.1) is 0 Å². The second kappa shape index (κ2) is 6.66. The minimum absolute atomic E-state index is 0.279.